The summed E-state index contributed by atoms with van der Waals surface area (Å²) in [6, 6.07) is 10.5. The Bertz CT molecular complexity index is 424. The average Bonchev–Trinajstić information content (AvgIpc) is 2.53. The largest absolute Gasteiger partial charge is 0.366 e. The van der Waals surface area contributed by atoms with Crippen LogP contribution in [0.15, 0.2) is 24.3 Å². The van der Waals surface area contributed by atoms with Gasteiger partial charge in [-0.2, -0.15) is 5.26 Å². The molecule has 3 nitrogen and oxygen atoms in total. The molecule has 0 aliphatic carbocycles. The van der Waals surface area contributed by atoms with Gasteiger partial charge in [-0.25, -0.2) is 0 Å². The van der Waals surface area contributed by atoms with Crippen molar-refractivity contribution in [2.24, 2.45) is 0 Å². The van der Waals surface area contributed by atoms with Gasteiger partial charge in [-0.1, -0.05) is 11.6 Å². The molecule has 1 aliphatic heterocycles. The third-order valence-electron chi connectivity index (χ3n) is 3.39. The molecule has 1 atom stereocenters. The molecule has 1 heterocycles. The Hall–Kier alpha value is -1.24. The van der Waals surface area contributed by atoms with Gasteiger partial charge in [-0.15, -0.1) is 0 Å². The molecule has 2 rings (SSSR count). The maximum Gasteiger partial charge on any atom is 0.0643 e. The van der Waals surface area contributed by atoms with E-state index < -0.39 is 0 Å². The number of likely N-dealkylation sites (N-methyl/N-ethyl adjacent to an activating group) is 1. The van der Waals surface area contributed by atoms with E-state index >= 15 is 0 Å². The molecule has 0 aromatic heterocycles. The van der Waals surface area contributed by atoms with Gasteiger partial charge in [0, 0.05) is 23.8 Å². The second-order valence-electron chi connectivity index (χ2n) is 4.80. The molecular weight excluding hydrogens is 246 g/mol. The fourth-order valence-corrected chi connectivity index (χ4v) is 2.62. The van der Waals surface area contributed by atoms with E-state index in [2.05, 4.69) is 22.9 Å². The molecule has 0 N–H and O–H groups in total. The van der Waals surface area contributed by atoms with Crippen molar-refractivity contribution in [2.45, 2.75) is 18.9 Å². The zero-order valence-corrected chi connectivity index (χ0v) is 11.4. The molecule has 96 valence electrons. The number of halogens is 1. The average molecular weight is 264 g/mol. The van der Waals surface area contributed by atoms with Crippen LogP contribution in [0.2, 0.25) is 5.02 Å². The van der Waals surface area contributed by atoms with Crippen molar-refractivity contribution in [1.29, 1.82) is 5.26 Å². The second kappa shape index (κ2) is 6.08. The maximum absolute atomic E-state index is 8.99. The molecule has 1 aliphatic rings. The van der Waals surface area contributed by atoms with Gasteiger partial charge in [0.15, 0.2) is 0 Å². The first kappa shape index (κ1) is 13.2. The van der Waals surface area contributed by atoms with Crippen molar-refractivity contribution in [3.05, 3.63) is 29.3 Å². The van der Waals surface area contributed by atoms with E-state index in [0.717, 1.165) is 36.8 Å². The number of nitrogens with zero attached hydrogens (tertiary/aromatic N) is 3. The minimum atomic E-state index is 0.267. The lowest BCUT2D eigenvalue weighted by Crippen LogP contribution is -2.40. The lowest BCUT2D eigenvalue weighted by molar-refractivity contribution is 0.332. The number of benzene rings is 1. The van der Waals surface area contributed by atoms with E-state index in [1.807, 2.05) is 24.3 Å². The first-order valence-electron chi connectivity index (χ1n) is 6.28. The summed E-state index contributed by atoms with van der Waals surface area (Å²) in [7, 11) is 2.12. The quantitative estimate of drug-likeness (QED) is 0.822. The number of anilines is 1. The van der Waals surface area contributed by atoms with Gasteiger partial charge in [0.25, 0.3) is 0 Å². The van der Waals surface area contributed by atoms with E-state index in [1.54, 1.807) is 0 Å². The third-order valence-corrected chi connectivity index (χ3v) is 3.64. The molecule has 0 amide bonds. The Morgan fingerprint density at radius 1 is 1.33 bits per heavy atom. The van der Waals surface area contributed by atoms with E-state index in [0.29, 0.717) is 6.42 Å². The molecule has 1 aromatic rings. The topological polar surface area (TPSA) is 30.3 Å². The molecule has 1 unspecified atom stereocenters. The van der Waals surface area contributed by atoms with E-state index in [4.69, 9.17) is 16.9 Å². The summed E-state index contributed by atoms with van der Waals surface area (Å²) in [5.74, 6) is 0. The summed E-state index contributed by atoms with van der Waals surface area (Å²) in [6.07, 6.45) is 1.69. The third kappa shape index (κ3) is 3.16. The van der Waals surface area contributed by atoms with Crippen molar-refractivity contribution in [3.63, 3.8) is 0 Å². The molecule has 0 saturated carbocycles. The minimum Gasteiger partial charge on any atom is -0.366 e. The first-order chi connectivity index (χ1) is 8.70. The van der Waals surface area contributed by atoms with Crippen LogP contribution in [0, 0.1) is 11.3 Å². The zero-order chi connectivity index (χ0) is 13.0. The Labute approximate surface area is 114 Å². The highest BCUT2D eigenvalue weighted by molar-refractivity contribution is 6.30. The van der Waals surface area contributed by atoms with Crippen LogP contribution < -0.4 is 4.90 Å². The summed E-state index contributed by atoms with van der Waals surface area (Å²) in [6.45, 7) is 3.03. The number of hydrogen-bond donors (Lipinski definition) is 0. The molecule has 1 saturated heterocycles. The summed E-state index contributed by atoms with van der Waals surface area (Å²) < 4.78 is 0. The molecule has 18 heavy (non-hydrogen) atoms. The van der Waals surface area contributed by atoms with Crippen molar-refractivity contribution >= 4 is 17.3 Å². The Balaban J connectivity index is 2.21. The monoisotopic (exact) mass is 263 g/mol. The molecule has 0 radical (unpaired) electrons. The molecule has 0 spiro atoms. The van der Waals surface area contributed by atoms with Crippen molar-refractivity contribution in [1.82, 2.24) is 4.90 Å². The Morgan fingerprint density at radius 3 is 2.72 bits per heavy atom. The van der Waals surface area contributed by atoms with Crippen molar-refractivity contribution in [3.8, 4) is 6.07 Å². The fraction of sp³-hybridized carbons (Fsp3) is 0.500. The highest BCUT2D eigenvalue weighted by Crippen LogP contribution is 2.23. The van der Waals surface area contributed by atoms with Crippen molar-refractivity contribution < 1.29 is 0 Å². The Kier molecular flexibility index (Phi) is 4.46. The number of nitriles is 1. The maximum atomic E-state index is 8.99. The van der Waals surface area contributed by atoms with Crippen LogP contribution in [0.5, 0.6) is 0 Å². The van der Waals surface area contributed by atoms with Gasteiger partial charge in [-0.3, -0.25) is 0 Å². The van der Waals surface area contributed by atoms with Crippen LogP contribution in [0.3, 0.4) is 0 Å². The van der Waals surface area contributed by atoms with Crippen LogP contribution >= 0.6 is 11.6 Å². The van der Waals surface area contributed by atoms with Gasteiger partial charge in [0.05, 0.1) is 18.5 Å². The molecule has 4 heteroatoms. The predicted octanol–water partition coefficient (Wildman–Crippen LogP) is 2.76. The zero-order valence-electron chi connectivity index (χ0n) is 10.6. The van der Waals surface area contributed by atoms with Crippen LogP contribution in [-0.4, -0.2) is 37.6 Å². The standard InChI is InChI=1S/C14H18ClN3/c1-17-9-2-10-18(14(11-17)7-8-16)13-5-3-12(15)4-6-13/h3-6,14H,2,7,9-11H2,1H3. The molecule has 1 fully saturated rings. The Morgan fingerprint density at radius 2 is 2.06 bits per heavy atom. The summed E-state index contributed by atoms with van der Waals surface area (Å²) in [4.78, 5) is 4.64. The van der Waals surface area contributed by atoms with Gasteiger partial charge in [0.2, 0.25) is 0 Å². The first-order valence-corrected chi connectivity index (χ1v) is 6.66. The highest BCUT2D eigenvalue weighted by Gasteiger charge is 2.23. The SMILES string of the molecule is CN1CCCN(c2ccc(Cl)cc2)C(CC#N)C1. The van der Waals surface area contributed by atoms with Crippen LogP contribution in [-0.2, 0) is 0 Å². The van der Waals surface area contributed by atoms with Gasteiger partial charge in [-0.05, 0) is 44.3 Å². The molecule has 1 aromatic carbocycles. The lowest BCUT2D eigenvalue weighted by Gasteiger charge is -2.31. The van der Waals surface area contributed by atoms with Gasteiger partial charge < -0.3 is 9.80 Å². The van der Waals surface area contributed by atoms with Crippen molar-refractivity contribution in [2.75, 3.05) is 31.6 Å². The molecule has 0 bridgehead atoms. The predicted molar refractivity (Wildman–Crippen MR) is 74.9 cm³/mol. The normalized spacial score (nSPS) is 21.4. The number of hydrogen-bond acceptors (Lipinski definition) is 3. The number of rotatable bonds is 2. The lowest BCUT2D eigenvalue weighted by atomic mass is 10.1. The smallest absolute Gasteiger partial charge is 0.0643 e. The summed E-state index contributed by atoms with van der Waals surface area (Å²) in [5, 5.41) is 9.74. The van der Waals surface area contributed by atoms with Gasteiger partial charge in [0.1, 0.15) is 0 Å². The van der Waals surface area contributed by atoms with E-state index in [-0.39, 0.29) is 6.04 Å². The van der Waals surface area contributed by atoms with Crippen LogP contribution in [0.1, 0.15) is 12.8 Å². The second-order valence-corrected chi connectivity index (χ2v) is 5.24. The molecular formula is C14H18ClN3. The summed E-state index contributed by atoms with van der Waals surface area (Å²) >= 11 is 5.92. The van der Waals surface area contributed by atoms with E-state index in [9.17, 15) is 0 Å². The van der Waals surface area contributed by atoms with Crippen LogP contribution in [0.4, 0.5) is 5.69 Å². The minimum absolute atomic E-state index is 0.267. The van der Waals surface area contributed by atoms with Crippen LogP contribution in [0.25, 0.3) is 0 Å². The van der Waals surface area contributed by atoms with E-state index in [1.165, 1.54) is 0 Å². The van der Waals surface area contributed by atoms with Gasteiger partial charge >= 0.3 is 0 Å². The fourth-order valence-electron chi connectivity index (χ4n) is 2.50. The summed E-state index contributed by atoms with van der Waals surface area (Å²) in [5.41, 5.74) is 1.16. The highest BCUT2D eigenvalue weighted by atomic mass is 35.5.